The molecule has 3 fully saturated rings. The number of hydrogen-bond acceptors (Lipinski definition) is 3. The molecular weight excluding hydrogens is 434 g/mol. The zero-order valence-electron chi connectivity index (χ0n) is 21.7. The van der Waals surface area contributed by atoms with Crippen LogP contribution in [-0.4, -0.2) is 34.1 Å². The van der Waals surface area contributed by atoms with Gasteiger partial charge in [-0.2, -0.15) is 8.78 Å². The standard InChI is InChI=1S/C29H44F2O3/c1-18(13-15-29(30,31)26(34)27(3,4)5)23-11-12-24-20(8-7-14-28(23,24)6)9-10-21-16-22(32)17-25(33)19(21)2/h9-10,18,22-25,32-33H,2,7-8,11-17H2,1,3-6H3/b20-9+,21-10-/t18-,22-,23?,24?,25+,28-/m1/s1. The van der Waals surface area contributed by atoms with E-state index in [9.17, 15) is 23.8 Å². The molecule has 0 aromatic rings. The van der Waals surface area contributed by atoms with Crippen molar-refractivity contribution in [2.24, 2.45) is 28.6 Å². The van der Waals surface area contributed by atoms with Gasteiger partial charge in [-0.1, -0.05) is 58.9 Å². The average Bonchev–Trinajstić information content (AvgIpc) is 3.10. The Bertz CT molecular complexity index is 850. The van der Waals surface area contributed by atoms with E-state index in [1.165, 1.54) is 5.57 Å². The summed E-state index contributed by atoms with van der Waals surface area (Å²) in [5, 5.41) is 20.2. The van der Waals surface area contributed by atoms with Crippen molar-refractivity contribution in [1.29, 1.82) is 0 Å². The zero-order chi connectivity index (χ0) is 25.5. The van der Waals surface area contributed by atoms with Crippen molar-refractivity contribution < 1.29 is 23.8 Å². The molecule has 3 nitrogen and oxygen atoms in total. The second kappa shape index (κ2) is 9.97. The number of allylic oxidation sites excluding steroid dienone is 3. The third-order valence-electron chi connectivity index (χ3n) is 8.92. The molecule has 0 heterocycles. The molecule has 0 aromatic carbocycles. The fourth-order valence-electron chi connectivity index (χ4n) is 6.95. The van der Waals surface area contributed by atoms with E-state index >= 15 is 0 Å². The van der Waals surface area contributed by atoms with Crippen LogP contribution in [0, 0.1) is 28.6 Å². The van der Waals surface area contributed by atoms with Crippen molar-refractivity contribution in [1.82, 2.24) is 0 Å². The van der Waals surface area contributed by atoms with Gasteiger partial charge in [-0.3, -0.25) is 4.79 Å². The molecule has 5 heteroatoms. The number of aliphatic hydroxyl groups is 2. The molecular formula is C29H44F2O3. The summed E-state index contributed by atoms with van der Waals surface area (Å²) in [5.74, 6) is -3.31. The molecule has 0 aromatic heterocycles. The van der Waals surface area contributed by atoms with Crippen LogP contribution < -0.4 is 0 Å². The molecule has 2 unspecified atom stereocenters. The van der Waals surface area contributed by atoms with Crippen molar-refractivity contribution in [3.8, 4) is 0 Å². The summed E-state index contributed by atoms with van der Waals surface area (Å²) in [6.07, 6.45) is 9.12. The van der Waals surface area contributed by atoms with E-state index < -0.39 is 29.3 Å². The first kappa shape index (κ1) is 27.3. The van der Waals surface area contributed by atoms with Gasteiger partial charge >= 0.3 is 5.92 Å². The Morgan fingerprint density at radius 1 is 1.24 bits per heavy atom. The highest BCUT2D eigenvalue weighted by Gasteiger charge is 2.51. The highest BCUT2D eigenvalue weighted by atomic mass is 19.3. The normalized spacial score (nSPS) is 36.1. The van der Waals surface area contributed by atoms with Gasteiger partial charge in [0.15, 0.2) is 0 Å². The molecule has 0 amide bonds. The minimum atomic E-state index is -3.27. The third kappa shape index (κ3) is 5.56. The minimum absolute atomic E-state index is 0.0773. The smallest absolute Gasteiger partial charge is 0.305 e. The molecule has 6 atom stereocenters. The first-order valence-corrected chi connectivity index (χ1v) is 13.0. The van der Waals surface area contributed by atoms with Crippen LogP contribution in [0.25, 0.3) is 0 Å². The number of carbonyl (C=O) groups is 1. The van der Waals surface area contributed by atoms with Crippen molar-refractivity contribution in [2.75, 3.05) is 0 Å². The molecule has 0 spiro atoms. The van der Waals surface area contributed by atoms with Crippen LogP contribution in [0.15, 0.2) is 35.5 Å². The summed E-state index contributed by atoms with van der Waals surface area (Å²) >= 11 is 0. The topological polar surface area (TPSA) is 57.5 Å². The van der Waals surface area contributed by atoms with Gasteiger partial charge in [0.25, 0.3) is 0 Å². The molecule has 3 aliphatic rings. The summed E-state index contributed by atoms with van der Waals surface area (Å²) in [6, 6.07) is 0. The molecule has 0 aliphatic heterocycles. The summed E-state index contributed by atoms with van der Waals surface area (Å²) < 4.78 is 29.2. The van der Waals surface area contributed by atoms with Gasteiger partial charge < -0.3 is 10.2 Å². The van der Waals surface area contributed by atoms with Crippen molar-refractivity contribution >= 4 is 5.78 Å². The maximum atomic E-state index is 14.6. The van der Waals surface area contributed by atoms with Gasteiger partial charge in [0.05, 0.1) is 12.2 Å². The Morgan fingerprint density at radius 3 is 2.56 bits per heavy atom. The van der Waals surface area contributed by atoms with Crippen LogP contribution in [0.5, 0.6) is 0 Å². The van der Waals surface area contributed by atoms with Crippen molar-refractivity contribution in [2.45, 2.75) is 111 Å². The average molecular weight is 479 g/mol. The van der Waals surface area contributed by atoms with Crippen LogP contribution in [-0.2, 0) is 4.79 Å². The van der Waals surface area contributed by atoms with Gasteiger partial charge in [0.1, 0.15) is 0 Å². The van der Waals surface area contributed by atoms with Crippen LogP contribution >= 0.6 is 0 Å². The Labute approximate surface area is 204 Å². The predicted molar refractivity (Wildman–Crippen MR) is 133 cm³/mol. The first-order valence-electron chi connectivity index (χ1n) is 13.0. The number of ketones is 1. The van der Waals surface area contributed by atoms with E-state index in [1.54, 1.807) is 20.8 Å². The highest BCUT2D eigenvalue weighted by Crippen LogP contribution is 2.60. The first-order chi connectivity index (χ1) is 15.7. The number of rotatable bonds is 6. The fraction of sp³-hybridized carbons (Fsp3) is 0.759. The Hall–Kier alpha value is -1.33. The Balaban J connectivity index is 1.71. The molecule has 0 saturated heterocycles. The summed E-state index contributed by atoms with van der Waals surface area (Å²) in [7, 11) is 0. The van der Waals surface area contributed by atoms with Gasteiger partial charge in [-0.05, 0) is 79.3 Å². The summed E-state index contributed by atoms with van der Waals surface area (Å²) in [6.45, 7) is 13.1. The molecule has 3 rings (SSSR count). The lowest BCUT2D eigenvalue weighted by atomic mass is 9.60. The van der Waals surface area contributed by atoms with E-state index in [1.807, 2.05) is 6.08 Å². The summed E-state index contributed by atoms with van der Waals surface area (Å²) in [5.41, 5.74) is 2.05. The van der Waals surface area contributed by atoms with E-state index in [-0.39, 0.29) is 17.8 Å². The van der Waals surface area contributed by atoms with Crippen molar-refractivity contribution in [3.05, 3.63) is 35.5 Å². The lowest BCUT2D eigenvalue weighted by Gasteiger charge is -2.44. The van der Waals surface area contributed by atoms with Gasteiger partial charge in [-0.25, -0.2) is 0 Å². The largest absolute Gasteiger partial charge is 0.393 e. The zero-order valence-corrected chi connectivity index (χ0v) is 21.7. The number of hydrogen-bond donors (Lipinski definition) is 2. The van der Waals surface area contributed by atoms with Crippen LogP contribution in [0.3, 0.4) is 0 Å². The molecule has 34 heavy (non-hydrogen) atoms. The Kier molecular flexibility index (Phi) is 7.99. The maximum Gasteiger partial charge on any atom is 0.305 e. The fourth-order valence-corrected chi connectivity index (χ4v) is 6.95. The molecule has 2 N–H and O–H groups in total. The SMILES string of the molecule is C=C1/C(=C\C=C2/CCC[C@@]3(C)C2CCC3[C@H](C)CCC(F)(F)C(=O)C(C)(C)C)C[C@@H](O)C[C@@H]1O. The van der Waals surface area contributed by atoms with Crippen LogP contribution in [0.1, 0.15) is 92.4 Å². The number of alkyl halides is 2. The molecule has 3 aliphatic carbocycles. The number of carbonyl (C=O) groups excluding carboxylic acids is 1. The van der Waals surface area contributed by atoms with Gasteiger partial charge in [0.2, 0.25) is 5.78 Å². The lowest BCUT2D eigenvalue weighted by Crippen LogP contribution is -2.40. The Morgan fingerprint density at radius 2 is 1.91 bits per heavy atom. The number of Topliss-reactive ketones (excluding diaryl/α,β-unsaturated/α-hetero) is 1. The second-order valence-corrected chi connectivity index (χ2v) is 12.5. The van der Waals surface area contributed by atoms with Crippen LogP contribution in [0.4, 0.5) is 8.78 Å². The number of fused-ring (bicyclic) bond motifs is 1. The minimum Gasteiger partial charge on any atom is -0.393 e. The number of halogens is 2. The predicted octanol–water partition coefficient (Wildman–Crippen LogP) is 6.79. The molecule has 3 saturated carbocycles. The van der Waals surface area contributed by atoms with Gasteiger partial charge in [0, 0.05) is 18.3 Å². The maximum absolute atomic E-state index is 14.6. The van der Waals surface area contributed by atoms with E-state index in [2.05, 4.69) is 26.5 Å². The highest BCUT2D eigenvalue weighted by molar-refractivity contribution is 5.90. The summed E-state index contributed by atoms with van der Waals surface area (Å²) in [4.78, 5) is 12.2. The molecule has 0 radical (unpaired) electrons. The number of aliphatic hydroxyl groups excluding tert-OH is 2. The van der Waals surface area contributed by atoms with E-state index in [4.69, 9.17) is 0 Å². The van der Waals surface area contributed by atoms with E-state index in [0.29, 0.717) is 36.7 Å². The third-order valence-corrected chi connectivity index (χ3v) is 8.92. The van der Waals surface area contributed by atoms with Gasteiger partial charge in [-0.15, -0.1) is 0 Å². The monoisotopic (exact) mass is 478 g/mol. The quantitative estimate of drug-likeness (QED) is 0.442. The second-order valence-electron chi connectivity index (χ2n) is 12.5. The van der Waals surface area contributed by atoms with Crippen molar-refractivity contribution in [3.63, 3.8) is 0 Å². The molecule has 192 valence electrons. The van der Waals surface area contributed by atoms with Crippen LogP contribution in [0.2, 0.25) is 0 Å². The molecule has 0 bridgehead atoms. The van der Waals surface area contributed by atoms with E-state index in [0.717, 1.165) is 37.7 Å². The lowest BCUT2D eigenvalue weighted by molar-refractivity contribution is -0.153.